The number of rotatable bonds is 9. The monoisotopic (exact) mass is 427 g/mol. The minimum absolute atomic E-state index is 0.103. The average Bonchev–Trinajstić information content (AvgIpc) is 3.21. The van der Waals surface area contributed by atoms with E-state index >= 15 is 0 Å². The number of aryl methyl sites for hydroxylation is 1. The quantitative estimate of drug-likeness (QED) is 0.363. The molecular formula is C28H29NO3. The van der Waals surface area contributed by atoms with Gasteiger partial charge in [-0.15, -0.1) is 0 Å². The maximum atomic E-state index is 11.4. The third-order valence-corrected chi connectivity index (χ3v) is 5.88. The van der Waals surface area contributed by atoms with Gasteiger partial charge in [-0.05, 0) is 54.7 Å². The Morgan fingerprint density at radius 1 is 1.03 bits per heavy atom. The van der Waals surface area contributed by atoms with E-state index in [0.29, 0.717) is 18.9 Å². The van der Waals surface area contributed by atoms with E-state index < -0.39 is 0 Å². The van der Waals surface area contributed by atoms with Crippen molar-refractivity contribution < 1.29 is 13.9 Å². The van der Waals surface area contributed by atoms with Crippen LogP contribution in [0.25, 0.3) is 22.6 Å². The average molecular weight is 428 g/mol. The first-order chi connectivity index (χ1) is 15.7. The summed E-state index contributed by atoms with van der Waals surface area (Å²) in [6.45, 7) is 4.55. The zero-order chi connectivity index (χ0) is 22.3. The zero-order valence-corrected chi connectivity index (χ0v) is 18.7. The molecule has 0 amide bonds. The van der Waals surface area contributed by atoms with Crippen molar-refractivity contribution in [2.75, 3.05) is 6.61 Å². The number of ether oxygens (including phenoxy) is 1. The molecule has 4 rings (SSSR count). The van der Waals surface area contributed by atoms with Gasteiger partial charge in [0.25, 0.3) is 0 Å². The van der Waals surface area contributed by atoms with Crippen LogP contribution in [-0.4, -0.2) is 17.9 Å². The summed E-state index contributed by atoms with van der Waals surface area (Å²) in [7, 11) is 0. The van der Waals surface area contributed by atoms with E-state index in [1.165, 1.54) is 5.56 Å². The summed E-state index contributed by atoms with van der Waals surface area (Å²) < 4.78 is 11.8. The van der Waals surface area contributed by atoms with Gasteiger partial charge in [0.1, 0.15) is 17.8 Å². The maximum absolute atomic E-state index is 11.4. The van der Waals surface area contributed by atoms with Crippen LogP contribution in [0.1, 0.15) is 31.2 Å². The normalized spacial score (nSPS) is 17.8. The molecule has 32 heavy (non-hydrogen) atoms. The Bertz CT molecular complexity index is 1090. The minimum atomic E-state index is -0.103. The standard InChI is InChI=1S/C28H29NO3/c1-3-7-21-14-15-26(18-25(21)19-30)31-17-16-27-20(2)32-28(29-27)24-12-10-23(11-13-24)22-8-5-4-6-9-22/h4-6,8-15,18-19,21,25H,3,7,16-17H2,1-2H3. The predicted molar refractivity (Wildman–Crippen MR) is 127 cm³/mol. The topological polar surface area (TPSA) is 52.3 Å². The highest BCUT2D eigenvalue weighted by molar-refractivity contribution is 5.67. The number of allylic oxidation sites excluding steroid dienone is 3. The van der Waals surface area contributed by atoms with Gasteiger partial charge in [0.15, 0.2) is 0 Å². The molecule has 1 aliphatic rings. The lowest BCUT2D eigenvalue weighted by Crippen LogP contribution is -2.16. The molecule has 2 atom stereocenters. The van der Waals surface area contributed by atoms with Crippen LogP contribution < -0.4 is 0 Å². The molecule has 0 N–H and O–H groups in total. The van der Waals surface area contributed by atoms with Crippen molar-refractivity contribution >= 4 is 6.29 Å². The lowest BCUT2D eigenvalue weighted by molar-refractivity contribution is -0.110. The van der Waals surface area contributed by atoms with E-state index in [2.05, 4.69) is 37.3 Å². The summed E-state index contributed by atoms with van der Waals surface area (Å²) in [5, 5.41) is 0. The Morgan fingerprint density at radius 2 is 1.75 bits per heavy atom. The van der Waals surface area contributed by atoms with Gasteiger partial charge in [-0.2, -0.15) is 0 Å². The van der Waals surface area contributed by atoms with Crippen LogP contribution in [0.3, 0.4) is 0 Å². The fraction of sp³-hybridized carbons (Fsp3) is 0.286. The number of nitrogens with zero attached hydrogens (tertiary/aromatic N) is 1. The lowest BCUT2D eigenvalue weighted by Gasteiger charge is -2.21. The van der Waals surface area contributed by atoms with Crippen molar-refractivity contribution in [3.8, 4) is 22.6 Å². The fourth-order valence-electron chi connectivity index (χ4n) is 4.06. The van der Waals surface area contributed by atoms with Crippen molar-refractivity contribution in [1.29, 1.82) is 0 Å². The zero-order valence-electron chi connectivity index (χ0n) is 18.7. The largest absolute Gasteiger partial charge is 0.494 e. The number of benzene rings is 2. The van der Waals surface area contributed by atoms with E-state index in [-0.39, 0.29) is 11.8 Å². The van der Waals surface area contributed by atoms with Gasteiger partial charge in [0.2, 0.25) is 5.89 Å². The first kappa shape index (κ1) is 21.8. The van der Waals surface area contributed by atoms with Crippen LogP contribution in [0, 0.1) is 18.8 Å². The molecule has 3 aromatic rings. The van der Waals surface area contributed by atoms with Gasteiger partial charge in [-0.25, -0.2) is 4.98 Å². The summed E-state index contributed by atoms with van der Waals surface area (Å²) in [5.74, 6) is 2.36. The van der Waals surface area contributed by atoms with Gasteiger partial charge in [0, 0.05) is 17.9 Å². The van der Waals surface area contributed by atoms with E-state index in [1.54, 1.807) is 0 Å². The van der Waals surface area contributed by atoms with E-state index in [0.717, 1.165) is 47.5 Å². The molecule has 2 unspecified atom stereocenters. The number of carbonyl (C=O) groups excluding carboxylic acids is 1. The summed E-state index contributed by atoms with van der Waals surface area (Å²) in [6.07, 6.45) is 9.75. The SMILES string of the molecule is CCCC1C=CC(OCCc2nc(-c3ccc(-c4ccccc4)cc3)oc2C)=CC1C=O. The van der Waals surface area contributed by atoms with Crippen molar-refractivity contribution in [1.82, 2.24) is 4.98 Å². The molecule has 0 fully saturated rings. The predicted octanol–water partition coefficient (Wildman–Crippen LogP) is 6.56. The number of aromatic nitrogens is 1. The third-order valence-electron chi connectivity index (χ3n) is 5.88. The molecule has 2 aromatic carbocycles. The molecule has 0 spiro atoms. The Morgan fingerprint density at radius 3 is 2.47 bits per heavy atom. The summed E-state index contributed by atoms with van der Waals surface area (Å²) in [5.41, 5.74) is 4.19. The highest BCUT2D eigenvalue weighted by Crippen LogP contribution is 2.28. The Balaban J connectivity index is 1.37. The Hall–Kier alpha value is -3.40. The highest BCUT2D eigenvalue weighted by atomic mass is 16.5. The maximum Gasteiger partial charge on any atom is 0.226 e. The van der Waals surface area contributed by atoms with Gasteiger partial charge >= 0.3 is 0 Å². The van der Waals surface area contributed by atoms with E-state index in [9.17, 15) is 4.79 Å². The molecular weight excluding hydrogens is 398 g/mol. The second-order valence-corrected chi connectivity index (χ2v) is 8.16. The first-order valence-electron chi connectivity index (χ1n) is 11.3. The first-order valence-corrected chi connectivity index (χ1v) is 11.3. The van der Waals surface area contributed by atoms with Crippen LogP contribution in [0.2, 0.25) is 0 Å². The van der Waals surface area contributed by atoms with E-state index in [1.807, 2.05) is 49.4 Å². The molecule has 0 saturated heterocycles. The second-order valence-electron chi connectivity index (χ2n) is 8.16. The van der Waals surface area contributed by atoms with E-state index in [4.69, 9.17) is 14.1 Å². The van der Waals surface area contributed by atoms with Gasteiger partial charge < -0.3 is 13.9 Å². The molecule has 4 heteroatoms. The lowest BCUT2D eigenvalue weighted by atomic mass is 9.86. The van der Waals surface area contributed by atoms with Crippen molar-refractivity contribution in [3.05, 3.63) is 90.0 Å². The Kier molecular flexibility index (Phi) is 7.00. The molecule has 164 valence electrons. The van der Waals surface area contributed by atoms with Crippen LogP contribution in [0.15, 0.2) is 83.0 Å². The number of hydrogen-bond acceptors (Lipinski definition) is 4. The smallest absolute Gasteiger partial charge is 0.226 e. The molecule has 0 aliphatic heterocycles. The fourth-order valence-corrected chi connectivity index (χ4v) is 4.06. The van der Waals surface area contributed by atoms with Gasteiger partial charge in [-0.1, -0.05) is 61.9 Å². The van der Waals surface area contributed by atoms with Crippen molar-refractivity contribution in [3.63, 3.8) is 0 Å². The van der Waals surface area contributed by atoms with Gasteiger partial charge in [-0.3, -0.25) is 0 Å². The molecule has 4 nitrogen and oxygen atoms in total. The van der Waals surface area contributed by atoms with Crippen LogP contribution in [0.4, 0.5) is 0 Å². The number of oxazole rings is 1. The summed E-state index contributed by atoms with van der Waals surface area (Å²) >= 11 is 0. The van der Waals surface area contributed by atoms with Crippen LogP contribution in [-0.2, 0) is 16.0 Å². The minimum Gasteiger partial charge on any atom is -0.494 e. The third kappa shape index (κ3) is 5.08. The molecule has 0 radical (unpaired) electrons. The molecule has 1 heterocycles. The molecule has 1 aromatic heterocycles. The molecule has 0 saturated carbocycles. The van der Waals surface area contributed by atoms with Crippen LogP contribution in [0.5, 0.6) is 0 Å². The molecule has 0 bridgehead atoms. The van der Waals surface area contributed by atoms with Crippen molar-refractivity contribution in [2.24, 2.45) is 11.8 Å². The Labute approximate surface area is 189 Å². The number of hydrogen-bond donors (Lipinski definition) is 0. The van der Waals surface area contributed by atoms with Crippen LogP contribution >= 0.6 is 0 Å². The van der Waals surface area contributed by atoms with Gasteiger partial charge in [0.05, 0.1) is 12.3 Å². The summed E-state index contributed by atoms with van der Waals surface area (Å²) in [4.78, 5) is 16.1. The second kappa shape index (κ2) is 10.3. The molecule has 1 aliphatic carbocycles. The summed E-state index contributed by atoms with van der Waals surface area (Å²) in [6, 6.07) is 18.5. The highest BCUT2D eigenvalue weighted by Gasteiger charge is 2.20. The van der Waals surface area contributed by atoms with Crippen molar-refractivity contribution in [2.45, 2.75) is 33.1 Å². The number of carbonyl (C=O) groups is 1. The number of aldehydes is 1.